The second kappa shape index (κ2) is 5.34. The van der Waals surface area contributed by atoms with Crippen LogP contribution in [0.3, 0.4) is 0 Å². The number of benzene rings is 1. The van der Waals surface area contributed by atoms with Crippen LogP contribution in [0, 0.1) is 18.7 Å². The van der Waals surface area contributed by atoms with Crippen molar-refractivity contribution >= 4 is 5.82 Å². The molecule has 0 saturated carbocycles. The Bertz CT molecular complexity index is 574. The number of aryl methyl sites for hydroxylation is 1. The van der Waals surface area contributed by atoms with Gasteiger partial charge < -0.3 is 5.73 Å². The van der Waals surface area contributed by atoms with E-state index in [1.54, 1.807) is 6.07 Å². The number of hydrogen-bond acceptors (Lipinski definition) is 3. The Morgan fingerprint density at radius 3 is 2.53 bits per heavy atom. The third kappa shape index (κ3) is 3.50. The average molecular weight is 259 g/mol. The van der Waals surface area contributed by atoms with Crippen LogP contribution in [0.15, 0.2) is 24.3 Å². The molecule has 2 aromatic rings. The SMILES string of the molecule is Cc1cc(F)cc(-c2nc(N)cc(CC(C)C)n2)c1. The number of anilines is 1. The zero-order chi connectivity index (χ0) is 14.0. The number of hydrogen-bond donors (Lipinski definition) is 1. The molecule has 19 heavy (non-hydrogen) atoms. The maximum atomic E-state index is 13.4. The van der Waals surface area contributed by atoms with E-state index in [2.05, 4.69) is 23.8 Å². The van der Waals surface area contributed by atoms with E-state index in [0.29, 0.717) is 23.1 Å². The van der Waals surface area contributed by atoms with E-state index in [1.807, 2.05) is 13.0 Å². The van der Waals surface area contributed by atoms with Gasteiger partial charge in [0.15, 0.2) is 5.82 Å². The fraction of sp³-hybridized carbons (Fsp3) is 0.333. The van der Waals surface area contributed by atoms with Crippen molar-refractivity contribution in [2.75, 3.05) is 5.73 Å². The second-order valence-corrected chi connectivity index (χ2v) is 5.22. The molecular weight excluding hydrogens is 241 g/mol. The van der Waals surface area contributed by atoms with Crippen molar-refractivity contribution < 1.29 is 4.39 Å². The molecule has 0 fully saturated rings. The number of rotatable bonds is 3. The standard InChI is InChI=1S/C15H18FN3/c1-9(2)4-13-8-14(17)19-15(18-13)11-5-10(3)6-12(16)7-11/h5-9H,4H2,1-3H3,(H2,17,18,19). The molecule has 1 heterocycles. The number of aromatic nitrogens is 2. The Labute approximate surface area is 112 Å². The van der Waals surface area contributed by atoms with Gasteiger partial charge in [0.05, 0.1) is 0 Å². The lowest BCUT2D eigenvalue weighted by atomic mass is 10.1. The topological polar surface area (TPSA) is 51.8 Å². The van der Waals surface area contributed by atoms with Crippen LogP contribution in [0.25, 0.3) is 11.4 Å². The van der Waals surface area contributed by atoms with E-state index in [9.17, 15) is 4.39 Å². The van der Waals surface area contributed by atoms with Gasteiger partial charge in [-0.1, -0.05) is 13.8 Å². The fourth-order valence-electron chi connectivity index (χ4n) is 2.04. The van der Waals surface area contributed by atoms with E-state index in [4.69, 9.17) is 5.73 Å². The molecule has 0 amide bonds. The van der Waals surface area contributed by atoms with Gasteiger partial charge in [0, 0.05) is 17.3 Å². The van der Waals surface area contributed by atoms with Gasteiger partial charge in [0.2, 0.25) is 0 Å². The molecule has 0 unspecified atom stereocenters. The lowest BCUT2D eigenvalue weighted by molar-refractivity contribution is 0.626. The average Bonchev–Trinajstić information content (AvgIpc) is 2.25. The van der Waals surface area contributed by atoms with Crippen molar-refractivity contribution in [1.82, 2.24) is 9.97 Å². The van der Waals surface area contributed by atoms with Crippen LogP contribution >= 0.6 is 0 Å². The Balaban J connectivity index is 2.46. The van der Waals surface area contributed by atoms with Crippen molar-refractivity contribution in [3.05, 3.63) is 41.3 Å². The van der Waals surface area contributed by atoms with Gasteiger partial charge in [-0.25, -0.2) is 14.4 Å². The summed E-state index contributed by atoms with van der Waals surface area (Å²) in [5.41, 5.74) is 8.19. The first-order valence-electron chi connectivity index (χ1n) is 6.35. The van der Waals surface area contributed by atoms with E-state index in [-0.39, 0.29) is 5.82 Å². The largest absolute Gasteiger partial charge is 0.384 e. The second-order valence-electron chi connectivity index (χ2n) is 5.22. The van der Waals surface area contributed by atoms with Crippen LogP contribution in [-0.4, -0.2) is 9.97 Å². The van der Waals surface area contributed by atoms with Gasteiger partial charge in [0.25, 0.3) is 0 Å². The molecular formula is C15H18FN3. The maximum Gasteiger partial charge on any atom is 0.161 e. The van der Waals surface area contributed by atoms with E-state index < -0.39 is 0 Å². The van der Waals surface area contributed by atoms with Crippen molar-refractivity contribution in [3.63, 3.8) is 0 Å². The van der Waals surface area contributed by atoms with Crippen LogP contribution in [0.4, 0.5) is 10.2 Å². The maximum absolute atomic E-state index is 13.4. The summed E-state index contributed by atoms with van der Waals surface area (Å²) in [7, 11) is 0. The van der Waals surface area contributed by atoms with Crippen LogP contribution in [-0.2, 0) is 6.42 Å². The Hall–Kier alpha value is -1.97. The van der Waals surface area contributed by atoms with Gasteiger partial charge in [-0.05, 0) is 43.0 Å². The van der Waals surface area contributed by atoms with Crippen LogP contribution in [0.1, 0.15) is 25.1 Å². The molecule has 0 aliphatic heterocycles. The molecule has 0 atom stereocenters. The predicted molar refractivity (Wildman–Crippen MR) is 75.1 cm³/mol. The van der Waals surface area contributed by atoms with Gasteiger partial charge in [-0.2, -0.15) is 0 Å². The molecule has 0 spiro atoms. The molecule has 2 rings (SSSR count). The molecule has 0 radical (unpaired) electrons. The first-order chi connectivity index (χ1) is 8.94. The summed E-state index contributed by atoms with van der Waals surface area (Å²) in [5, 5.41) is 0. The number of halogens is 1. The molecule has 2 N–H and O–H groups in total. The molecule has 3 nitrogen and oxygen atoms in total. The van der Waals surface area contributed by atoms with E-state index in [1.165, 1.54) is 12.1 Å². The molecule has 0 saturated heterocycles. The lowest BCUT2D eigenvalue weighted by Gasteiger charge is -2.08. The molecule has 0 aliphatic rings. The van der Waals surface area contributed by atoms with Crippen LogP contribution in [0.2, 0.25) is 0 Å². The summed E-state index contributed by atoms with van der Waals surface area (Å²) in [6.07, 6.45) is 0.827. The van der Waals surface area contributed by atoms with Crippen LogP contribution < -0.4 is 5.73 Å². The van der Waals surface area contributed by atoms with Gasteiger partial charge in [-0.3, -0.25) is 0 Å². The third-order valence-electron chi connectivity index (χ3n) is 2.72. The minimum Gasteiger partial charge on any atom is -0.384 e. The molecule has 1 aromatic carbocycles. The first kappa shape index (κ1) is 13.5. The summed E-state index contributed by atoms with van der Waals surface area (Å²) in [6.45, 7) is 6.07. The number of nitrogens with zero attached hydrogens (tertiary/aromatic N) is 2. The Kier molecular flexibility index (Phi) is 3.79. The monoisotopic (exact) mass is 259 g/mol. The van der Waals surface area contributed by atoms with Crippen molar-refractivity contribution in [3.8, 4) is 11.4 Å². The summed E-state index contributed by atoms with van der Waals surface area (Å²) >= 11 is 0. The van der Waals surface area contributed by atoms with Crippen LogP contribution in [0.5, 0.6) is 0 Å². The van der Waals surface area contributed by atoms with E-state index in [0.717, 1.165) is 17.7 Å². The minimum absolute atomic E-state index is 0.286. The highest BCUT2D eigenvalue weighted by Crippen LogP contribution is 2.20. The highest BCUT2D eigenvalue weighted by molar-refractivity contribution is 5.58. The summed E-state index contributed by atoms with van der Waals surface area (Å²) in [4.78, 5) is 8.66. The van der Waals surface area contributed by atoms with Crippen molar-refractivity contribution in [1.29, 1.82) is 0 Å². The van der Waals surface area contributed by atoms with Gasteiger partial charge in [-0.15, -0.1) is 0 Å². The first-order valence-corrected chi connectivity index (χ1v) is 6.35. The third-order valence-corrected chi connectivity index (χ3v) is 2.72. The number of nitrogens with two attached hydrogens (primary N) is 1. The predicted octanol–water partition coefficient (Wildman–Crippen LogP) is 3.37. The molecule has 1 aromatic heterocycles. The summed E-state index contributed by atoms with van der Waals surface area (Å²) in [6, 6.07) is 6.54. The Morgan fingerprint density at radius 1 is 1.16 bits per heavy atom. The molecule has 0 bridgehead atoms. The highest BCUT2D eigenvalue weighted by atomic mass is 19.1. The van der Waals surface area contributed by atoms with Crippen molar-refractivity contribution in [2.45, 2.75) is 27.2 Å². The quantitative estimate of drug-likeness (QED) is 0.919. The Morgan fingerprint density at radius 2 is 1.89 bits per heavy atom. The van der Waals surface area contributed by atoms with E-state index >= 15 is 0 Å². The fourth-order valence-corrected chi connectivity index (χ4v) is 2.04. The minimum atomic E-state index is -0.286. The zero-order valence-corrected chi connectivity index (χ0v) is 11.4. The molecule has 100 valence electrons. The number of nitrogen functional groups attached to an aromatic ring is 1. The normalized spacial score (nSPS) is 11.0. The molecule has 0 aliphatic carbocycles. The van der Waals surface area contributed by atoms with Crippen molar-refractivity contribution in [2.24, 2.45) is 5.92 Å². The summed E-state index contributed by atoms with van der Waals surface area (Å²) < 4.78 is 13.4. The van der Waals surface area contributed by atoms with Gasteiger partial charge >= 0.3 is 0 Å². The summed E-state index contributed by atoms with van der Waals surface area (Å²) in [5.74, 6) is 1.10. The smallest absolute Gasteiger partial charge is 0.161 e. The van der Waals surface area contributed by atoms with Gasteiger partial charge in [0.1, 0.15) is 11.6 Å². The lowest BCUT2D eigenvalue weighted by Crippen LogP contribution is -2.03. The molecule has 4 heteroatoms. The highest BCUT2D eigenvalue weighted by Gasteiger charge is 2.08. The zero-order valence-electron chi connectivity index (χ0n) is 11.4.